The molecule has 6 nitrogen and oxygen atoms in total. The van der Waals surface area contributed by atoms with Crippen molar-refractivity contribution in [2.24, 2.45) is 0 Å². The van der Waals surface area contributed by atoms with Gasteiger partial charge in [0, 0.05) is 23.1 Å². The molecule has 0 saturated heterocycles. The van der Waals surface area contributed by atoms with Crippen LogP contribution in [0.5, 0.6) is 0 Å². The minimum atomic E-state index is -0.857. The number of carbonyl (C=O) groups is 3. The third kappa shape index (κ3) is 8.60. The standard InChI is InChI=1S/C17H24O6/c1-7-8-21-17(20)13(6)9-14(23-16(19)12(4)5)10-22-15(18)11(2)3/h14H,2,4,6-10H2,1,3,5H3. The predicted molar refractivity (Wildman–Crippen MR) is 85.5 cm³/mol. The molecule has 0 fully saturated rings. The molecule has 0 amide bonds. The summed E-state index contributed by atoms with van der Waals surface area (Å²) in [5.41, 5.74) is 0.542. The lowest BCUT2D eigenvalue weighted by Crippen LogP contribution is -2.27. The van der Waals surface area contributed by atoms with Gasteiger partial charge in [-0.25, -0.2) is 14.4 Å². The van der Waals surface area contributed by atoms with Gasteiger partial charge in [0.25, 0.3) is 0 Å². The lowest BCUT2D eigenvalue weighted by molar-refractivity contribution is -0.154. The van der Waals surface area contributed by atoms with E-state index in [4.69, 9.17) is 14.2 Å². The Kier molecular flexibility index (Phi) is 9.30. The Labute approximate surface area is 136 Å². The Morgan fingerprint density at radius 1 is 0.913 bits per heavy atom. The highest BCUT2D eigenvalue weighted by Crippen LogP contribution is 2.12. The first-order valence-corrected chi connectivity index (χ1v) is 7.23. The molecule has 0 aromatic rings. The summed E-state index contributed by atoms with van der Waals surface area (Å²) in [6, 6.07) is 0. The molecule has 0 saturated carbocycles. The molecule has 0 aliphatic rings. The molecule has 0 radical (unpaired) electrons. The van der Waals surface area contributed by atoms with E-state index in [1.54, 1.807) is 0 Å². The lowest BCUT2D eigenvalue weighted by Gasteiger charge is -2.18. The van der Waals surface area contributed by atoms with Crippen molar-refractivity contribution in [2.75, 3.05) is 13.2 Å². The van der Waals surface area contributed by atoms with E-state index in [9.17, 15) is 14.4 Å². The SMILES string of the molecule is C=C(C)C(=O)OCC(CC(=C)C(=O)OCCC)OC(=O)C(=C)C. The molecule has 0 aromatic heterocycles. The third-order valence-electron chi connectivity index (χ3n) is 2.57. The Morgan fingerprint density at radius 3 is 1.96 bits per heavy atom. The van der Waals surface area contributed by atoms with Crippen molar-refractivity contribution < 1.29 is 28.6 Å². The third-order valence-corrected chi connectivity index (χ3v) is 2.57. The molecule has 1 atom stereocenters. The fraction of sp³-hybridized carbons (Fsp3) is 0.471. The van der Waals surface area contributed by atoms with E-state index in [1.807, 2.05) is 6.92 Å². The maximum absolute atomic E-state index is 11.7. The fourth-order valence-corrected chi connectivity index (χ4v) is 1.33. The van der Waals surface area contributed by atoms with Gasteiger partial charge < -0.3 is 14.2 Å². The van der Waals surface area contributed by atoms with Crippen LogP contribution >= 0.6 is 0 Å². The van der Waals surface area contributed by atoms with Gasteiger partial charge in [0.1, 0.15) is 12.7 Å². The quantitative estimate of drug-likeness (QED) is 0.349. The highest BCUT2D eigenvalue weighted by Gasteiger charge is 2.22. The van der Waals surface area contributed by atoms with Crippen molar-refractivity contribution in [3.63, 3.8) is 0 Å². The van der Waals surface area contributed by atoms with E-state index in [1.165, 1.54) is 13.8 Å². The van der Waals surface area contributed by atoms with Crippen LogP contribution in [0.25, 0.3) is 0 Å². The van der Waals surface area contributed by atoms with E-state index in [-0.39, 0.29) is 36.4 Å². The number of ether oxygens (including phenoxy) is 3. The molecule has 6 heteroatoms. The monoisotopic (exact) mass is 324 g/mol. The zero-order valence-electron chi connectivity index (χ0n) is 14.0. The van der Waals surface area contributed by atoms with Crippen molar-refractivity contribution in [1.82, 2.24) is 0 Å². The summed E-state index contributed by atoms with van der Waals surface area (Å²) < 4.78 is 15.1. The Balaban J connectivity index is 4.76. The maximum Gasteiger partial charge on any atom is 0.333 e. The van der Waals surface area contributed by atoms with Gasteiger partial charge in [-0.3, -0.25) is 0 Å². The molecule has 0 spiro atoms. The Hall–Kier alpha value is -2.37. The number of esters is 3. The van der Waals surface area contributed by atoms with Crippen LogP contribution in [0.1, 0.15) is 33.6 Å². The number of rotatable bonds is 10. The summed E-state index contributed by atoms with van der Waals surface area (Å²) in [4.78, 5) is 34.8. The average Bonchev–Trinajstić information content (AvgIpc) is 2.49. The van der Waals surface area contributed by atoms with E-state index < -0.39 is 24.0 Å². The summed E-state index contributed by atoms with van der Waals surface area (Å²) in [7, 11) is 0. The smallest absolute Gasteiger partial charge is 0.333 e. The topological polar surface area (TPSA) is 78.9 Å². The first kappa shape index (κ1) is 20.6. The van der Waals surface area contributed by atoms with Crippen molar-refractivity contribution in [3.8, 4) is 0 Å². The van der Waals surface area contributed by atoms with Gasteiger partial charge in [-0.1, -0.05) is 26.7 Å². The lowest BCUT2D eigenvalue weighted by atomic mass is 10.1. The largest absolute Gasteiger partial charge is 0.462 e. The molecule has 0 aliphatic carbocycles. The molecule has 0 bridgehead atoms. The van der Waals surface area contributed by atoms with Gasteiger partial charge in [0.05, 0.1) is 6.61 Å². The molecule has 0 aliphatic heterocycles. The Morgan fingerprint density at radius 2 is 1.48 bits per heavy atom. The zero-order valence-corrected chi connectivity index (χ0v) is 14.0. The second-order valence-corrected chi connectivity index (χ2v) is 5.13. The summed E-state index contributed by atoms with van der Waals surface area (Å²) in [6.07, 6.45) is -0.182. The van der Waals surface area contributed by atoms with Gasteiger partial charge in [-0.15, -0.1) is 0 Å². The van der Waals surface area contributed by atoms with Crippen molar-refractivity contribution in [1.29, 1.82) is 0 Å². The van der Waals surface area contributed by atoms with E-state index in [0.29, 0.717) is 6.42 Å². The summed E-state index contributed by atoms with van der Waals surface area (Å²) in [5, 5.41) is 0. The molecule has 23 heavy (non-hydrogen) atoms. The van der Waals surface area contributed by atoms with Gasteiger partial charge in [-0.2, -0.15) is 0 Å². The van der Waals surface area contributed by atoms with Crippen molar-refractivity contribution in [2.45, 2.75) is 39.7 Å². The highest BCUT2D eigenvalue weighted by atomic mass is 16.6. The normalized spacial score (nSPS) is 11.1. The average molecular weight is 324 g/mol. The molecule has 0 aromatic carbocycles. The van der Waals surface area contributed by atoms with Gasteiger partial charge in [0.2, 0.25) is 0 Å². The zero-order chi connectivity index (χ0) is 18.0. The van der Waals surface area contributed by atoms with Crippen molar-refractivity contribution in [3.05, 3.63) is 36.5 Å². The second kappa shape index (κ2) is 10.4. The van der Waals surface area contributed by atoms with Crippen LogP contribution in [-0.4, -0.2) is 37.2 Å². The first-order valence-electron chi connectivity index (χ1n) is 7.23. The van der Waals surface area contributed by atoms with Crippen LogP contribution in [0.4, 0.5) is 0 Å². The van der Waals surface area contributed by atoms with Crippen LogP contribution < -0.4 is 0 Å². The second-order valence-electron chi connectivity index (χ2n) is 5.13. The molecule has 1 unspecified atom stereocenters. The number of carbonyl (C=O) groups excluding carboxylic acids is 3. The van der Waals surface area contributed by atoms with E-state index in [0.717, 1.165) is 0 Å². The van der Waals surface area contributed by atoms with Crippen LogP contribution in [0, 0.1) is 0 Å². The molecule has 0 N–H and O–H groups in total. The minimum absolute atomic E-state index is 0.00889. The maximum atomic E-state index is 11.7. The molecule has 0 rings (SSSR count). The molecule has 0 heterocycles. The highest BCUT2D eigenvalue weighted by molar-refractivity contribution is 5.89. The number of hydrogen-bond acceptors (Lipinski definition) is 6. The summed E-state index contributed by atoms with van der Waals surface area (Å²) >= 11 is 0. The van der Waals surface area contributed by atoms with Crippen LogP contribution in [0.15, 0.2) is 36.5 Å². The van der Waals surface area contributed by atoms with Crippen molar-refractivity contribution >= 4 is 17.9 Å². The molecule has 128 valence electrons. The first-order chi connectivity index (χ1) is 10.7. The van der Waals surface area contributed by atoms with E-state index >= 15 is 0 Å². The minimum Gasteiger partial charge on any atom is -0.462 e. The molecular weight excluding hydrogens is 300 g/mol. The fourth-order valence-electron chi connectivity index (χ4n) is 1.33. The van der Waals surface area contributed by atoms with E-state index in [2.05, 4.69) is 19.7 Å². The van der Waals surface area contributed by atoms with Crippen LogP contribution in [0.3, 0.4) is 0 Å². The van der Waals surface area contributed by atoms with Crippen LogP contribution in [-0.2, 0) is 28.6 Å². The Bertz CT molecular complexity index is 503. The van der Waals surface area contributed by atoms with Gasteiger partial charge in [-0.05, 0) is 20.3 Å². The number of hydrogen-bond donors (Lipinski definition) is 0. The van der Waals surface area contributed by atoms with Crippen LogP contribution in [0.2, 0.25) is 0 Å². The predicted octanol–water partition coefficient (Wildman–Crippen LogP) is 2.49. The summed E-state index contributed by atoms with van der Waals surface area (Å²) in [6.45, 7) is 15.5. The summed E-state index contributed by atoms with van der Waals surface area (Å²) in [5.74, 6) is -1.83. The van der Waals surface area contributed by atoms with Gasteiger partial charge in [0.15, 0.2) is 0 Å². The molecular formula is C17H24O6. The van der Waals surface area contributed by atoms with Gasteiger partial charge >= 0.3 is 17.9 Å².